The molecule has 0 unspecified atom stereocenters. The van der Waals surface area contributed by atoms with E-state index in [9.17, 15) is 0 Å². The Kier molecular flexibility index (Phi) is 5.69. The van der Waals surface area contributed by atoms with Crippen molar-refractivity contribution in [2.45, 2.75) is 60.0 Å². The molecule has 0 aromatic carbocycles. The van der Waals surface area contributed by atoms with Gasteiger partial charge in [-0.15, -0.1) is 0 Å². The van der Waals surface area contributed by atoms with Gasteiger partial charge in [-0.05, 0) is 31.6 Å². The topological polar surface area (TPSA) is 38.1 Å². The van der Waals surface area contributed by atoms with E-state index < -0.39 is 0 Å². The summed E-state index contributed by atoms with van der Waals surface area (Å²) in [5.41, 5.74) is 1.00. The predicted molar refractivity (Wildman–Crippen MR) is 70.8 cm³/mol. The second kappa shape index (κ2) is 6.80. The van der Waals surface area contributed by atoms with Crippen LogP contribution in [0.25, 0.3) is 0 Å². The third kappa shape index (κ3) is 5.87. The Morgan fingerprint density at radius 3 is 2.18 bits per heavy atom. The van der Waals surface area contributed by atoms with Gasteiger partial charge in [-0.2, -0.15) is 0 Å². The van der Waals surface area contributed by atoms with Crippen molar-refractivity contribution in [3.05, 3.63) is 17.5 Å². The van der Waals surface area contributed by atoms with Gasteiger partial charge in [-0.1, -0.05) is 32.9 Å². The largest absolute Gasteiger partial charge is 0.361 e. The lowest BCUT2D eigenvalue weighted by atomic mass is 9.95. The van der Waals surface area contributed by atoms with Crippen molar-refractivity contribution in [2.75, 3.05) is 0 Å². The molecule has 98 valence electrons. The smallest absolute Gasteiger partial charge is 0.133 e. The Balaban J connectivity index is 2.42. The quantitative estimate of drug-likeness (QED) is 0.789. The van der Waals surface area contributed by atoms with Gasteiger partial charge in [-0.25, -0.2) is 0 Å². The molecule has 0 fully saturated rings. The molecule has 0 aliphatic heterocycles. The molecule has 0 bridgehead atoms. The van der Waals surface area contributed by atoms with E-state index in [-0.39, 0.29) is 0 Å². The van der Waals surface area contributed by atoms with E-state index in [2.05, 4.69) is 38.2 Å². The van der Waals surface area contributed by atoms with E-state index in [1.54, 1.807) is 0 Å². The number of nitrogens with one attached hydrogen (secondary N) is 1. The molecule has 0 spiro atoms. The lowest BCUT2D eigenvalue weighted by Gasteiger charge is -2.21. The van der Waals surface area contributed by atoms with Crippen LogP contribution in [-0.2, 0) is 6.54 Å². The Bertz CT molecular complexity index is 308. The summed E-state index contributed by atoms with van der Waals surface area (Å²) < 4.78 is 5.07. The molecule has 3 heteroatoms. The van der Waals surface area contributed by atoms with Gasteiger partial charge in [0.25, 0.3) is 0 Å². The van der Waals surface area contributed by atoms with Crippen molar-refractivity contribution < 1.29 is 4.52 Å². The number of aromatic nitrogens is 1. The number of nitrogens with zero attached hydrogens (tertiary/aromatic N) is 1. The van der Waals surface area contributed by atoms with Crippen LogP contribution in [0.3, 0.4) is 0 Å². The fourth-order valence-electron chi connectivity index (χ4n) is 2.15. The van der Waals surface area contributed by atoms with Crippen molar-refractivity contribution in [2.24, 2.45) is 11.8 Å². The first kappa shape index (κ1) is 14.2. The van der Waals surface area contributed by atoms with E-state index in [1.807, 2.05) is 13.0 Å². The first-order valence-electron chi connectivity index (χ1n) is 6.63. The summed E-state index contributed by atoms with van der Waals surface area (Å²) in [7, 11) is 0. The minimum Gasteiger partial charge on any atom is -0.361 e. The fraction of sp³-hybridized carbons (Fsp3) is 0.786. The highest BCUT2D eigenvalue weighted by Gasteiger charge is 2.13. The third-order valence-corrected chi connectivity index (χ3v) is 2.76. The van der Waals surface area contributed by atoms with Crippen molar-refractivity contribution in [1.82, 2.24) is 10.5 Å². The van der Waals surface area contributed by atoms with Crippen molar-refractivity contribution >= 4 is 0 Å². The van der Waals surface area contributed by atoms with Gasteiger partial charge in [0.15, 0.2) is 0 Å². The first-order chi connectivity index (χ1) is 7.97. The molecule has 0 amide bonds. The molecular formula is C14H26N2O. The summed E-state index contributed by atoms with van der Waals surface area (Å²) in [5.74, 6) is 2.33. The third-order valence-electron chi connectivity index (χ3n) is 2.76. The second-order valence-electron chi connectivity index (χ2n) is 5.77. The van der Waals surface area contributed by atoms with Crippen LogP contribution in [0, 0.1) is 18.8 Å². The van der Waals surface area contributed by atoms with Crippen LogP contribution in [0.2, 0.25) is 0 Å². The summed E-state index contributed by atoms with van der Waals surface area (Å²) in [5, 5.41) is 7.60. The molecule has 1 heterocycles. The van der Waals surface area contributed by atoms with Crippen LogP contribution in [0.15, 0.2) is 10.6 Å². The van der Waals surface area contributed by atoms with E-state index in [0.29, 0.717) is 6.04 Å². The standard InChI is InChI=1S/C14H26N2O/c1-10(2)6-13(7-11(3)4)15-9-14-8-12(5)17-16-14/h8,10-11,13,15H,6-7,9H2,1-5H3. The van der Waals surface area contributed by atoms with Crippen LogP contribution in [0.4, 0.5) is 0 Å². The molecule has 0 saturated carbocycles. The maximum absolute atomic E-state index is 5.07. The highest BCUT2D eigenvalue weighted by molar-refractivity contribution is 5.03. The van der Waals surface area contributed by atoms with E-state index in [4.69, 9.17) is 4.52 Å². The van der Waals surface area contributed by atoms with E-state index >= 15 is 0 Å². The monoisotopic (exact) mass is 238 g/mol. The molecule has 17 heavy (non-hydrogen) atoms. The summed E-state index contributed by atoms with van der Waals surface area (Å²) >= 11 is 0. The van der Waals surface area contributed by atoms with Gasteiger partial charge >= 0.3 is 0 Å². The van der Waals surface area contributed by atoms with Crippen LogP contribution >= 0.6 is 0 Å². The summed E-state index contributed by atoms with van der Waals surface area (Å²) in [6.45, 7) is 11.8. The van der Waals surface area contributed by atoms with Crippen LogP contribution in [0.1, 0.15) is 52.0 Å². The maximum Gasteiger partial charge on any atom is 0.133 e. The van der Waals surface area contributed by atoms with Gasteiger partial charge in [0.2, 0.25) is 0 Å². The molecule has 0 saturated heterocycles. The van der Waals surface area contributed by atoms with Crippen LogP contribution in [0.5, 0.6) is 0 Å². The minimum atomic E-state index is 0.576. The molecule has 1 aromatic rings. The van der Waals surface area contributed by atoms with Crippen LogP contribution in [-0.4, -0.2) is 11.2 Å². The van der Waals surface area contributed by atoms with Gasteiger partial charge in [0, 0.05) is 18.7 Å². The lowest BCUT2D eigenvalue weighted by molar-refractivity contribution is 0.348. The highest BCUT2D eigenvalue weighted by Crippen LogP contribution is 2.14. The van der Waals surface area contributed by atoms with E-state index in [1.165, 1.54) is 12.8 Å². The zero-order valence-corrected chi connectivity index (χ0v) is 11.8. The van der Waals surface area contributed by atoms with Crippen molar-refractivity contribution in [3.8, 4) is 0 Å². The summed E-state index contributed by atoms with van der Waals surface area (Å²) in [6, 6.07) is 2.57. The molecule has 3 nitrogen and oxygen atoms in total. The zero-order chi connectivity index (χ0) is 12.8. The molecule has 0 radical (unpaired) electrons. The predicted octanol–water partition coefficient (Wildman–Crippen LogP) is 3.53. The fourth-order valence-corrected chi connectivity index (χ4v) is 2.15. The molecule has 1 aromatic heterocycles. The maximum atomic E-state index is 5.07. The molecule has 0 aliphatic carbocycles. The first-order valence-corrected chi connectivity index (χ1v) is 6.63. The summed E-state index contributed by atoms with van der Waals surface area (Å²) in [6.07, 6.45) is 2.43. The Labute approximate surface area is 105 Å². The number of rotatable bonds is 7. The van der Waals surface area contributed by atoms with Gasteiger partial charge in [-0.3, -0.25) is 0 Å². The Hall–Kier alpha value is -0.830. The minimum absolute atomic E-state index is 0.576. The van der Waals surface area contributed by atoms with Gasteiger partial charge in [0.1, 0.15) is 5.76 Å². The molecule has 0 aliphatic rings. The normalized spacial score (nSPS) is 12.0. The highest BCUT2D eigenvalue weighted by atomic mass is 16.5. The van der Waals surface area contributed by atoms with E-state index in [0.717, 1.165) is 29.8 Å². The average Bonchev–Trinajstić information content (AvgIpc) is 2.59. The molecule has 0 atom stereocenters. The average molecular weight is 238 g/mol. The zero-order valence-electron chi connectivity index (χ0n) is 11.8. The van der Waals surface area contributed by atoms with Crippen LogP contribution < -0.4 is 5.32 Å². The lowest BCUT2D eigenvalue weighted by Crippen LogP contribution is -2.31. The Morgan fingerprint density at radius 1 is 1.18 bits per heavy atom. The number of hydrogen-bond acceptors (Lipinski definition) is 3. The number of aryl methyl sites for hydroxylation is 1. The second-order valence-corrected chi connectivity index (χ2v) is 5.77. The van der Waals surface area contributed by atoms with Crippen molar-refractivity contribution in [3.63, 3.8) is 0 Å². The van der Waals surface area contributed by atoms with Crippen molar-refractivity contribution in [1.29, 1.82) is 0 Å². The molecule has 1 rings (SSSR count). The number of hydrogen-bond donors (Lipinski definition) is 1. The Morgan fingerprint density at radius 2 is 1.76 bits per heavy atom. The molecule has 1 N–H and O–H groups in total. The molecular weight excluding hydrogens is 212 g/mol. The van der Waals surface area contributed by atoms with Gasteiger partial charge < -0.3 is 9.84 Å². The SMILES string of the molecule is Cc1cc(CNC(CC(C)C)CC(C)C)no1. The summed E-state index contributed by atoms with van der Waals surface area (Å²) in [4.78, 5) is 0. The van der Waals surface area contributed by atoms with Gasteiger partial charge in [0.05, 0.1) is 5.69 Å².